The van der Waals surface area contributed by atoms with Gasteiger partial charge in [0, 0.05) is 31.2 Å². The van der Waals surface area contributed by atoms with E-state index in [1.165, 1.54) is 12.5 Å². The van der Waals surface area contributed by atoms with Crippen molar-refractivity contribution < 1.29 is 9.21 Å². The van der Waals surface area contributed by atoms with Crippen LogP contribution in [-0.4, -0.2) is 42.3 Å². The topological polar surface area (TPSA) is 149 Å². The molecule has 5 aromatic rings. The second-order valence-electron chi connectivity index (χ2n) is 7.05. The lowest BCUT2D eigenvalue weighted by atomic mass is 10.1. The Labute approximate surface area is 187 Å². The first kappa shape index (κ1) is 20.1. The Morgan fingerprint density at radius 2 is 2.00 bits per heavy atom. The lowest BCUT2D eigenvalue weighted by molar-refractivity contribution is 0.0946. The molecule has 0 aliphatic rings. The van der Waals surface area contributed by atoms with Crippen molar-refractivity contribution in [1.29, 1.82) is 0 Å². The molecule has 4 N–H and O–H groups in total. The summed E-state index contributed by atoms with van der Waals surface area (Å²) in [6, 6.07) is 9.17. The first-order chi connectivity index (χ1) is 16.1. The molecule has 0 saturated carbocycles. The average molecular weight is 441 g/mol. The van der Waals surface area contributed by atoms with E-state index in [9.17, 15) is 4.79 Å². The normalized spacial score (nSPS) is 10.9. The zero-order valence-corrected chi connectivity index (χ0v) is 17.6. The van der Waals surface area contributed by atoms with Crippen LogP contribution in [0.2, 0.25) is 0 Å². The van der Waals surface area contributed by atoms with E-state index in [1.807, 2.05) is 47.1 Å². The van der Waals surface area contributed by atoms with Crippen molar-refractivity contribution in [2.45, 2.75) is 6.54 Å². The Bertz CT molecular complexity index is 1440. The third-order valence-corrected chi connectivity index (χ3v) is 4.93. The number of anilines is 2. The first-order valence-corrected chi connectivity index (χ1v) is 10.0. The molecule has 0 aromatic carbocycles. The van der Waals surface area contributed by atoms with E-state index in [4.69, 9.17) is 10.2 Å². The van der Waals surface area contributed by atoms with Crippen LogP contribution in [0.4, 0.5) is 11.6 Å². The minimum Gasteiger partial charge on any atom is -0.443 e. The number of nitrogens with zero attached hydrogens (tertiary/aromatic N) is 6. The number of amides is 1. The van der Waals surface area contributed by atoms with Crippen LogP contribution in [0.5, 0.6) is 0 Å². The maximum Gasteiger partial charge on any atom is 0.274 e. The zero-order valence-electron chi connectivity index (χ0n) is 17.6. The molecular weight excluding hydrogens is 422 g/mol. The van der Waals surface area contributed by atoms with E-state index in [0.29, 0.717) is 28.5 Å². The molecule has 11 heteroatoms. The van der Waals surface area contributed by atoms with Gasteiger partial charge in [-0.2, -0.15) is 0 Å². The monoisotopic (exact) mass is 441 g/mol. The Morgan fingerprint density at radius 3 is 2.82 bits per heavy atom. The Balaban J connectivity index is 1.52. The SMILES string of the molecule is CNc1cccc(CNC(=O)c2nc(-c3ccc4nccn4c3)c(-c3ncco3)nc2N)n1. The maximum atomic E-state index is 13.0. The van der Waals surface area contributed by atoms with Crippen LogP contribution in [0.15, 0.2) is 65.8 Å². The molecule has 1 amide bonds. The summed E-state index contributed by atoms with van der Waals surface area (Å²) in [5.74, 6) is 0.439. The molecule has 0 saturated heterocycles. The molecule has 33 heavy (non-hydrogen) atoms. The summed E-state index contributed by atoms with van der Waals surface area (Å²) in [7, 11) is 1.78. The molecule has 11 nitrogen and oxygen atoms in total. The van der Waals surface area contributed by atoms with Crippen LogP contribution in [0.3, 0.4) is 0 Å². The number of nitrogen functional groups attached to an aromatic ring is 1. The van der Waals surface area contributed by atoms with Crippen molar-refractivity contribution in [3.8, 4) is 22.8 Å². The van der Waals surface area contributed by atoms with Gasteiger partial charge in [-0.15, -0.1) is 0 Å². The van der Waals surface area contributed by atoms with Gasteiger partial charge in [-0.3, -0.25) is 4.79 Å². The van der Waals surface area contributed by atoms with E-state index in [2.05, 4.69) is 35.6 Å². The number of imidazole rings is 1. The standard InChI is InChI=1S/C22H19N9O2/c1-24-15-4-2-3-14(28-15)11-27-21(32)19-20(23)30-18(22-26-8-10-33-22)17(29-19)13-5-6-16-25-7-9-31(16)12-13/h2-10,12H,11H2,1H3,(H2,23,30)(H,24,28)(H,27,32). The number of oxazole rings is 1. The predicted molar refractivity (Wildman–Crippen MR) is 121 cm³/mol. The highest BCUT2D eigenvalue weighted by Crippen LogP contribution is 2.30. The van der Waals surface area contributed by atoms with E-state index < -0.39 is 5.91 Å². The van der Waals surface area contributed by atoms with Gasteiger partial charge in [0.25, 0.3) is 5.91 Å². The number of pyridine rings is 2. The highest BCUT2D eigenvalue weighted by Gasteiger charge is 2.22. The minimum atomic E-state index is -0.472. The van der Waals surface area contributed by atoms with Gasteiger partial charge in [0.05, 0.1) is 18.4 Å². The molecule has 5 rings (SSSR count). The van der Waals surface area contributed by atoms with Gasteiger partial charge >= 0.3 is 0 Å². The largest absolute Gasteiger partial charge is 0.443 e. The summed E-state index contributed by atoms with van der Waals surface area (Å²) in [6.45, 7) is 0.202. The van der Waals surface area contributed by atoms with Crippen molar-refractivity contribution in [3.63, 3.8) is 0 Å². The Kier molecular flexibility index (Phi) is 5.11. The number of rotatable bonds is 6. The number of carbonyl (C=O) groups is 1. The third kappa shape index (κ3) is 3.94. The van der Waals surface area contributed by atoms with Gasteiger partial charge in [0.1, 0.15) is 23.4 Å². The van der Waals surface area contributed by atoms with Crippen LogP contribution in [-0.2, 0) is 6.54 Å². The van der Waals surface area contributed by atoms with E-state index in [1.54, 1.807) is 13.2 Å². The molecule has 0 aliphatic carbocycles. The molecule has 0 unspecified atom stereocenters. The van der Waals surface area contributed by atoms with Gasteiger partial charge < -0.3 is 25.2 Å². The fraction of sp³-hybridized carbons (Fsp3) is 0.0909. The zero-order chi connectivity index (χ0) is 22.8. The van der Waals surface area contributed by atoms with Crippen LogP contribution < -0.4 is 16.4 Å². The summed E-state index contributed by atoms with van der Waals surface area (Å²) >= 11 is 0. The minimum absolute atomic E-state index is 0.00388. The van der Waals surface area contributed by atoms with Crippen molar-refractivity contribution in [2.24, 2.45) is 0 Å². The summed E-state index contributed by atoms with van der Waals surface area (Å²) in [4.78, 5) is 34.8. The molecular formula is C22H19N9O2. The van der Waals surface area contributed by atoms with Crippen molar-refractivity contribution in [1.82, 2.24) is 34.6 Å². The summed E-state index contributed by atoms with van der Waals surface area (Å²) in [5, 5.41) is 5.76. The number of hydrogen-bond acceptors (Lipinski definition) is 9. The smallest absolute Gasteiger partial charge is 0.274 e. The average Bonchev–Trinajstić information content (AvgIpc) is 3.54. The first-order valence-electron chi connectivity index (χ1n) is 10.0. The van der Waals surface area contributed by atoms with Crippen molar-refractivity contribution in [3.05, 3.63) is 72.8 Å². The second-order valence-corrected chi connectivity index (χ2v) is 7.05. The fourth-order valence-electron chi connectivity index (χ4n) is 3.34. The maximum absolute atomic E-state index is 13.0. The van der Waals surface area contributed by atoms with E-state index in [-0.39, 0.29) is 23.9 Å². The van der Waals surface area contributed by atoms with Crippen LogP contribution in [0.1, 0.15) is 16.2 Å². The van der Waals surface area contributed by atoms with Gasteiger partial charge in [0.15, 0.2) is 17.2 Å². The van der Waals surface area contributed by atoms with Crippen LogP contribution >= 0.6 is 0 Å². The number of nitrogens with one attached hydrogen (secondary N) is 2. The molecule has 0 radical (unpaired) electrons. The number of fused-ring (bicyclic) bond motifs is 1. The number of aromatic nitrogens is 6. The fourth-order valence-corrected chi connectivity index (χ4v) is 3.34. The second kappa shape index (κ2) is 8.38. The highest BCUT2D eigenvalue weighted by atomic mass is 16.3. The predicted octanol–water partition coefficient (Wildman–Crippen LogP) is 2.40. The number of nitrogens with two attached hydrogens (primary N) is 1. The van der Waals surface area contributed by atoms with Gasteiger partial charge in [-0.25, -0.2) is 24.9 Å². The summed E-state index contributed by atoms with van der Waals surface area (Å²) in [6.07, 6.45) is 8.28. The van der Waals surface area contributed by atoms with E-state index >= 15 is 0 Å². The Morgan fingerprint density at radius 1 is 1.09 bits per heavy atom. The van der Waals surface area contributed by atoms with Gasteiger partial charge in [-0.1, -0.05) is 6.07 Å². The molecule has 0 aliphatic heterocycles. The molecule has 164 valence electrons. The van der Waals surface area contributed by atoms with Gasteiger partial charge in [-0.05, 0) is 24.3 Å². The molecule has 0 fully saturated rings. The van der Waals surface area contributed by atoms with Crippen molar-refractivity contribution >= 4 is 23.2 Å². The van der Waals surface area contributed by atoms with Crippen LogP contribution in [0, 0.1) is 0 Å². The molecule has 5 heterocycles. The van der Waals surface area contributed by atoms with Crippen molar-refractivity contribution in [2.75, 3.05) is 18.1 Å². The molecule has 0 spiro atoms. The third-order valence-electron chi connectivity index (χ3n) is 4.93. The number of carbonyl (C=O) groups excluding carboxylic acids is 1. The van der Waals surface area contributed by atoms with Crippen LogP contribution in [0.25, 0.3) is 28.5 Å². The Hall–Kier alpha value is -4.80. The molecule has 5 aromatic heterocycles. The highest BCUT2D eigenvalue weighted by molar-refractivity contribution is 5.97. The number of hydrogen-bond donors (Lipinski definition) is 3. The molecule has 0 bridgehead atoms. The lowest BCUT2D eigenvalue weighted by Crippen LogP contribution is -2.26. The quantitative estimate of drug-likeness (QED) is 0.361. The molecule has 0 atom stereocenters. The lowest BCUT2D eigenvalue weighted by Gasteiger charge is -2.12. The van der Waals surface area contributed by atoms with Gasteiger partial charge in [0.2, 0.25) is 5.89 Å². The summed E-state index contributed by atoms with van der Waals surface area (Å²) < 4.78 is 7.27. The van der Waals surface area contributed by atoms with E-state index in [0.717, 1.165) is 5.65 Å². The summed E-state index contributed by atoms with van der Waals surface area (Å²) in [5.41, 5.74) is 9.00.